The molecule has 1 N–H and O–H groups in total. The molecule has 2 heterocycles. The van der Waals surface area contributed by atoms with Crippen LogP contribution in [0.25, 0.3) is 0 Å². The minimum atomic E-state index is -0.677. The molecule has 5 nitrogen and oxygen atoms in total. The summed E-state index contributed by atoms with van der Waals surface area (Å²) in [5.74, 6) is -0.518. The van der Waals surface area contributed by atoms with Gasteiger partial charge >= 0.3 is 0 Å². The van der Waals surface area contributed by atoms with Crippen molar-refractivity contribution in [2.75, 3.05) is 41.0 Å². The fourth-order valence-corrected chi connectivity index (χ4v) is 2.81. The van der Waals surface area contributed by atoms with E-state index in [0.29, 0.717) is 6.61 Å². The van der Waals surface area contributed by atoms with E-state index in [2.05, 4.69) is 4.90 Å². The number of fused-ring (bicyclic) bond motifs is 1. The van der Waals surface area contributed by atoms with Gasteiger partial charge in [0.05, 0.1) is 12.1 Å². The van der Waals surface area contributed by atoms with Crippen molar-refractivity contribution >= 4 is 0 Å². The van der Waals surface area contributed by atoms with E-state index in [1.165, 1.54) is 0 Å². The molecule has 15 heavy (non-hydrogen) atoms. The van der Waals surface area contributed by atoms with Crippen molar-refractivity contribution in [2.45, 2.75) is 17.9 Å². The number of aliphatic hydroxyl groups is 1. The van der Waals surface area contributed by atoms with E-state index in [1.807, 2.05) is 7.05 Å². The Morgan fingerprint density at radius 3 is 2.67 bits per heavy atom. The Morgan fingerprint density at radius 1 is 1.47 bits per heavy atom. The zero-order valence-electron chi connectivity index (χ0n) is 9.47. The lowest BCUT2D eigenvalue weighted by Crippen LogP contribution is -2.52. The van der Waals surface area contributed by atoms with Crippen molar-refractivity contribution in [2.24, 2.45) is 5.92 Å². The number of nitrogens with zero attached hydrogens (tertiary/aromatic N) is 1. The lowest BCUT2D eigenvalue weighted by Gasteiger charge is -2.33. The maximum absolute atomic E-state index is 9.26. The molecule has 3 unspecified atom stereocenters. The Hall–Kier alpha value is -0.200. The van der Waals surface area contributed by atoms with Gasteiger partial charge in [0, 0.05) is 33.3 Å². The van der Waals surface area contributed by atoms with E-state index in [0.717, 1.165) is 6.54 Å². The quantitative estimate of drug-likeness (QED) is 0.633. The molecule has 0 aromatic carbocycles. The largest absolute Gasteiger partial charge is 0.396 e. The van der Waals surface area contributed by atoms with Gasteiger partial charge in [-0.15, -0.1) is 0 Å². The highest BCUT2D eigenvalue weighted by atomic mass is 16.7. The molecule has 2 fully saturated rings. The fourth-order valence-electron chi connectivity index (χ4n) is 2.81. The molecule has 5 heteroatoms. The molecule has 0 bridgehead atoms. The number of aliphatic hydroxyl groups excluding tert-OH is 1. The molecule has 2 rings (SSSR count). The number of methoxy groups -OCH3 is 2. The third kappa shape index (κ3) is 1.50. The van der Waals surface area contributed by atoms with Gasteiger partial charge in [-0.25, -0.2) is 0 Å². The van der Waals surface area contributed by atoms with Gasteiger partial charge in [0.15, 0.2) is 0 Å². The van der Waals surface area contributed by atoms with E-state index in [-0.39, 0.29) is 24.7 Å². The van der Waals surface area contributed by atoms with Crippen LogP contribution in [0.2, 0.25) is 0 Å². The number of likely N-dealkylation sites (N-methyl/N-ethyl adjacent to an activating group) is 1. The third-order valence-electron chi connectivity index (χ3n) is 3.63. The number of hydrogen-bond donors (Lipinski definition) is 1. The standard InChI is InChI=1S/C10H19NO4/c1-11-4-7(5-12)8-9(11)10(13-2,14-3)6-15-8/h7-9,12H,4-6H2,1-3H3. The molecule has 88 valence electrons. The molecule has 0 aromatic rings. The summed E-state index contributed by atoms with van der Waals surface area (Å²) in [4.78, 5) is 2.14. The summed E-state index contributed by atoms with van der Waals surface area (Å²) in [6, 6.07) is 0.0737. The second-order valence-corrected chi connectivity index (χ2v) is 4.32. The van der Waals surface area contributed by atoms with Crippen molar-refractivity contribution in [1.29, 1.82) is 0 Å². The van der Waals surface area contributed by atoms with Gasteiger partial charge in [0.1, 0.15) is 6.61 Å². The molecule has 3 atom stereocenters. The summed E-state index contributed by atoms with van der Waals surface area (Å²) in [5, 5.41) is 9.26. The maximum atomic E-state index is 9.26. The summed E-state index contributed by atoms with van der Waals surface area (Å²) in [6.45, 7) is 1.39. The topological polar surface area (TPSA) is 51.2 Å². The van der Waals surface area contributed by atoms with E-state index >= 15 is 0 Å². The molecule has 2 saturated heterocycles. The molecule has 0 aromatic heterocycles. The highest BCUT2D eigenvalue weighted by Gasteiger charge is 2.58. The van der Waals surface area contributed by atoms with Crippen molar-refractivity contribution in [3.8, 4) is 0 Å². The molecule has 0 radical (unpaired) electrons. The monoisotopic (exact) mass is 217 g/mol. The predicted molar refractivity (Wildman–Crippen MR) is 53.5 cm³/mol. The van der Waals surface area contributed by atoms with Crippen molar-refractivity contribution in [1.82, 2.24) is 4.90 Å². The van der Waals surface area contributed by atoms with Crippen LogP contribution >= 0.6 is 0 Å². The van der Waals surface area contributed by atoms with E-state index < -0.39 is 5.79 Å². The Labute approximate surface area is 89.9 Å². The van der Waals surface area contributed by atoms with Crippen molar-refractivity contribution in [3.05, 3.63) is 0 Å². The Balaban J connectivity index is 2.22. The van der Waals surface area contributed by atoms with Crippen molar-refractivity contribution in [3.63, 3.8) is 0 Å². The number of likely N-dealkylation sites (tertiary alicyclic amines) is 1. The molecule has 0 aliphatic carbocycles. The lowest BCUT2D eigenvalue weighted by atomic mass is 10.00. The minimum Gasteiger partial charge on any atom is -0.396 e. The first-order valence-corrected chi connectivity index (χ1v) is 5.21. The Bertz CT molecular complexity index is 231. The first-order chi connectivity index (χ1) is 7.18. The van der Waals surface area contributed by atoms with Crippen LogP contribution in [0.5, 0.6) is 0 Å². The summed E-state index contributed by atoms with van der Waals surface area (Å²) in [5.41, 5.74) is 0. The van der Waals surface area contributed by atoms with Crippen LogP contribution in [0.15, 0.2) is 0 Å². The van der Waals surface area contributed by atoms with Gasteiger partial charge in [0.25, 0.3) is 0 Å². The molecular formula is C10H19NO4. The van der Waals surface area contributed by atoms with Gasteiger partial charge in [-0.2, -0.15) is 0 Å². The molecule has 0 saturated carbocycles. The zero-order chi connectivity index (χ0) is 11.1. The van der Waals surface area contributed by atoms with Crippen molar-refractivity contribution < 1.29 is 19.3 Å². The van der Waals surface area contributed by atoms with Gasteiger partial charge in [-0.1, -0.05) is 0 Å². The number of ether oxygens (including phenoxy) is 3. The molecule has 2 aliphatic heterocycles. The van der Waals surface area contributed by atoms with Crippen LogP contribution in [-0.4, -0.2) is 69.0 Å². The van der Waals surface area contributed by atoms with Gasteiger partial charge in [-0.05, 0) is 7.05 Å². The smallest absolute Gasteiger partial charge is 0.209 e. The molecule has 2 aliphatic rings. The summed E-state index contributed by atoms with van der Waals surface area (Å²) in [6.07, 6.45) is 0.0138. The second kappa shape index (κ2) is 3.99. The maximum Gasteiger partial charge on any atom is 0.209 e. The second-order valence-electron chi connectivity index (χ2n) is 4.32. The third-order valence-corrected chi connectivity index (χ3v) is 3.63. The summed E-state index contributed by atoms with van der Waals surface area (Å²) < 4.78 is 16.6. The van der Waals surface area contributed by atoms with Crippen LogP contribution in [0.4, 0.5) is 0 Å². The summed E-state index contributed by atoms with van der Waals surface area (Å²) in [7, 11) is 5.28. The predicted octanol–water partition coefficient (Wildman–Crippen LogP) is -0.703. The molecule has 0 amide bonds. The Morgan fingerprint density at radius 2 is 2.13 bits per heavy atom. The van der Waals surface area contributed by atoms with Crippen LogP contribution < -0.4 is 0 Å². The Kier molecular flexibility index (Phi) is 3.00. The van der Waals surface area contributed by atoms with E-state index in [9.17, 15) is 5.11 Å². The highest BCUT2D eigenvalue weighted by molar-refractivity contribution is 5.05. The van der Waals surface area contributed by atoms with E-state index in [1.54, 1.807) is 14.2 Å². The number of rotatable bonds is 3. The zero-order valence-corrected chi connectivity index (χ0v) is 9.47. The minimum absolute atomic E-state index is 0.0138. The van der Waals surface area contributed by atoms with Crippen LogP contribution in [0.3, 0.4) is 0 Å². The summed E-state index contributed by atoms with van der Waals surface area (Å²) >= 11 is 0. The fraction of sp³-hybridized carbons (Fsp3) is 1.00. The normalized spacial score (nSPS) is 39.6. The van der Waals surface area contributed by atoms with Gasteiger partial charge in [0.2, 0.25) is 5.79 Å². The first kappa shape index (κ1) is 11.3. The van der Waals surface area contributed by atoms with Crippen LogP contribution in [0, 0.1) is 5.92 Å². The van der Waals surface area contributed by atoms with Crippen LogP contribution in [-0.2, 0) is 14.2 Å². The average Bonchev–Trinajstić information content (AvgIpc) is 2.78. The number of hydrogen-bond acceptors (Lipinski definition) is 5. The van der Waals surface area contributed by atoms with Gasteiger partial charge in [-0.3, -0.25) is 4.90 Å². The average molecular weight is 217 g/mol. The SMILES string of the molecule is COC1(OC)COC2C(CO)CN(C)C21. The van der Waals surface area contributed by atoms with Gasteiger partial charge < -0.3 is 19.3 Å². The first-order valence-electron chi connectivity index (χ1n) is 5.21. The molecular weight excluding hydrogens is 198 g/mol. The molecule has 0 spiro atoms. The lowest BCUT2D eigenvalue weighted by molar-refractivity contribution is -0.225. The van der Waals surface area contributed by atoms with Crippen LogP contribution in [0.1, 0.15) is 0 Å². The highest BCUT2D eigenvalue weighted by Crippen LogP contribution is 2.40. The van der Waals surface area contributed by atoms with E-state index in [4.69, 9.17) is 14.2 Å².